The summed E-state index contributed by atoms with van der Waals surface area (Å²) in [6.45, 7) is 1.65. The SMILES string of the molecule is CC(=O)CC(c1ccccc1)c1ccccc1-c1ccccn1. The molecule has 1 unspecified atom stereocenters. The minimum Gasteiger partial charge on any atom is -0.300 e. The molecule has 1 atom stereocenters. The molecular formula is C21H19NO. The second-order valence-electron chi connectivity index (χ2n) is 5.67. The van der Waals surface area contributed by atoms with Crippen LogP contribution < -0.4 is 0 Å². The zero-order valence-corrected chi connectivity index (χ0v) is 13.1. The number of pyridine rings is 1. The van der Waals surface area contributed by atoms with E-state index >= 15 is 0 Å². The Hall–Kier alpha value is -2.74. The van der Waals surface area contributed by atoms with E-state index in [0.717, 1.165) is 22.4 Å². The van der Waals surface area contributed by atoms with E-state index in [0.29, 0.717) is 6.42 Å². The van der Waals surface area contributed by atoms with Gasteiger partial charge in [-0.1, -0.05) is 60.7 Å². The van der Waals surface area contributed by atoms with E-state index in [1.165, 1.54) is 0 Å². The fourth-order valence-electron chi connectivity index (χ4n) is 2.94. The molecule has 0 aliphatic rings. The van der Waals surface area contributed by atoms with Gasteiger partial charge in [0.2, 0.25) is 0 Å². The van der Waals surface area contributed by atoms with Gasteiger partial charge < -0.3 is 0 Å². The molecule has 114 valence electrons. The first-order valence-electron chi connectivity index (χ1n) is 7.80. The molecule has 0 spiro atoms. The van der Waals surface area contributed by atoms with Gasteiger partial charge in [0.15, 0.2) is 0 Å². The highest BCUT2D eigenvalue weighted by Crippen LogP contribution is 2.34. The number of hydrogen-bond acceptors (Lipinski definition) is 2. The molecular weight excluding hydrogens is 282 g/mol. The standard InChI is InChI=1S/C21H19NO/c1-16(23)15-20(17-9-3-2-4-10-17)18-11-5-6-12-19(18)21-13-7-8-14-22-21/h2-14,20H,15H2,1H3. The number of carbonyl (C=O) groups is 1. The van der Waals surface area contributed by atoms with Crippen molar-refractivity contribution in [3.63, 3.8) is 0 Å². The molecule has 2 aromatic carbocycles. The zero-order chi connectivity index (χ0) is 16.1. The van der Waals surface area contributed by atoms with Crippen LogP contribution in [0.2, 0.25) is 0 Å². The van der Waals surface area contributed by atoms with E-state index in [4.69, 9.17) is 0 Å². The summed E-state index contributed by atoms with van der Waals surface area (Å²) >= 11 is 0. The van der Waals surface area contributed by atoms with Crippen LogP contribution in [0.3, 0.4) is 0 Å². The van der Waals surface area contributed by atoms with Gasteiger partial charge in [-0.05, 0) is 30.2 Å². The Labute approximate surface area is 136 Å². The lowest BCUT2D eigenvalue weighted by molar-refractivity contribution is -0.117. The van der Waals surface area contributed by atoms with Crippen molar-refractivity contribution in [2.45, 2.75) is 19.3 Å². The molecule has 2 heteroatoms. The van der Waals surface area contributed by atoms with E-state index < -0.39 is 0 Å². The van der Waals surface area contributed by atoms with Crippen LogP contribution in [0, 0.1) is 0 Å². The first kappa shape index (κ1) is 15.2. The molecule has 0 aliphatic carbocycles. The fourth-order valence-corrected chi connectivity index (χ4v) is 2.94. The lowest BCUT2D eigenvalue weighted by Gasteiger charge is -2.20. The van der Waals surface area contributed by atoms with Crippen LogP contribution in [0.4, 0.5) is 0 Å². The Morgan fingerprint density at radius 2 is 1.61 bits per heavy atom. The molecule has 0 radical (unpaired) electrons. The van der Waals surface area contributed by atoms with Crippen LogP contribution in [0.1, 0.15) is 30.4 Å². The number of Topliss-reactive ketones (excluding diaryl/α,β-unsaturated/α-hetero) is 1. The van der Waals surface area contributed by atoms with E-state index in [1.807, 2.05) is 48.5 Å². The van der Waals surface area contributed by atoms with Crippen LogP contribution in [0.5, 0.6) is 0 Å². The predicted molar refractivity (Wildman–Crippen MR) is 93.3 cm³/mol. The molecule has 0 amide bonds. The molecule has 23 heavy (non-hydrogen) atoms. The third-order valence-corrected chi connectivity index (χ3v) is 3.97. The first-order valence-corrected chi connectivity index (χ1v) is 7.80. The number of rotatable bonds is 5. The summed E-state index contributed by atoms with van der Waals surface area (Å²) in [4.78, 5) is 16.3. The number of benzene rings is 2. The number of carbonyl (C=O) groups excluding carboxylic acids is 1. The summed E-state index contributed by atoms with van der Waals surface area (Å²) in [6, 6.07) is 24.3. The average molecular weight is 301 g/mol. The topological polar surface area (TPSA) is 30.0 Å². The molecule has 0 fully saturated rings. The number of hydrogen-bond donors (Lipinski definition) is 0. The predicted octanol–water partition coefficient (Wildman–Crippen LogP) is 4.86. The molecule has 3 aromatic rings. The van der Waals surface area contributed by atoms with Gasteiger partial charge in [0.05, 0.1) is 5.69 Å². The van der Waals surface area contributed by atoms with E-state index in [1.54, 1.807) is 13.1 Å². The monoisotopic (exact) mass is 301 g/mol. The maximum absolute atomic E-state index is 11.8. The van der Waals surface area contributed by atoms with Crippen LogP contribution in [0.15, 0.2) is 79.0 Å². The van der Waals surface area contributed by atoms with Crippen molar-refractivity contribution in [1.29, 1.82) is 0 Å². The lowest BCUT2D eigenvalue weighted by Crippen LogP contribution is -2.08. The molecule has 1 heterocycles. The molecule has 2 nitrogen and oxygen atoms in total. The van der Waals surface area contributed by atoms with Gasteiger partial charge in [0.1, 0.15) is 5.78 Å². The molecule has 3 rings (SSSR count). The van der Waals surface area contributed by atoms with Gasteiger partial charge in [-0.3, -0.25) is 9.78 Å². The van der Waals surface area contributed by atoms with Gasteiger partial charge in [-0.2, -0.15) is 0 Å². The van der Waals surface area contributed by atoms with Crippen molar-refractivity contribution >= 4 is 5.78 Å². The van der Waals surface area contributed by atoms with Crippen LogP contribution >= 0.6 is 0 Å². The van der Waals surface area contributed by atoms with Crippen molar-refractivity contribution in [2.24, 2.45) is 0 Å². The molecule has 0 saturated carbocycles. The highest BCUT2D eigenvalue weighted by atomic mass is 16.1. The quantitative estimate of drug-likeness (QED) is 0.673. The Morgan fingerprint density at radius 3 is 2.30 bits per heavy atom. The van der Waals surface area contributed by atoms with Gasteiger partial charge in [0.25, 0.3) is 0 Å². The highest BCUT2D eigenvalue weighted by Gasteiger charge is 2.20. The largest absolute Gasteiger partial charge is 0.300 e. The maximum atomic E-state index is 11.8. The minimum atomic E-state index is 0.0481. The Bertz CT molecular complexity index is 781. The third-order valence-electron chi connectivity index (χ3n) is 3.97. The summed E-state index contributed by atoms with van der Waals surface area (Å²) in [7, 11) is 0. The maximum Gasteiger partial charge on any atom is 0.130 e. The van der Waals surface area contributed by atoms with Crippen molar-refractivity contribution in [2.75, 3.05) is 0 Å². The Kier molecular flexibility index (Phi) is 4.62. The molecule has 0 aliphatic heterocycles. The van der Waals surface area contributed by atoms with Gasteiger partial charge in [0, 0.05) is 24.1 Å². The van der Waals surface area contributed by atoms with E-state index in [2.05, 4.69) is 29.2 Å². The second kappa shape index (κ2) is 7.01. The van der Waals surface area contributed by atoms with Crippen molar-refractivity contribution < 1.29 is 4.79 Å². The summed E-state index contributed by atoms with van der Waals surface area (Å²) in [5.74, 6) is 0.238. The van der Waals surface area contributed by atoms with E-state index in [-0.39, 0.29) is 11.7 Å². The number of aromatic nitrogens is 1. The number of ketones is 1. The molecule has 0 saturated heterocycles. The van der Waals surface area contributed by atoms with E-state index in [9.17, 15) is 4.79 Å². The summed E-state index contributed by atoms with van der Waals surface area (Å²) in [5.41, 5.74) is 4.33. The minimum absolute atomic E-state index is 0.0481. The van der Waals surface area contributed by atoms with Gasteiger partial charge in [-0.15, -0.1) is 0 Å². The lowest BCUT2D eigenvalue weighted by atomic mass is 9.84. The smallest absolute Gasteiger partial charge is 0.130 e. The Morgan fingerprint density at radius 1 is 0.913 bits per heavy atom. The summed E-state index contributed by atoms with van der Waals surface area (Å²) in [5, 5.41) is 0. The first-order chi connectivity index (χ1) is 11.3. The molecule has 0 N–H and O–H groups in total. The third kappa shape index (κ3) is 3.54. The van der Waals surface area contributed by atoms with Crippen LogP contribution in [-0.2, 0) is 4.79 Å². The van der Waals surface area contributed by atoms with Gasteiger partial charge in [-0.25, -0.2) is 0 Å². The average Bonchev–Trinajstić information content (AvgIpc) is 2.61. The van der Waals surface area contributed by atoms with Crippen molar-refractivity contribution in [3.8, 4) is 11.3 Å². The zero-order valence-electron chi connectivity index (χ0n) is 13.1. The molecule has 1 aromatic heterocycles. The normalized spacial score (nSPS) is 11.9. The Balaban J connectivity index is 2.12. The summed E-state index contributed by atoms with van der Waals surface area (Å²) in [6.07, 6.45) is 2.29. The second-order valence-corrected chi connectivity index (χ2v) is 5.67. The number of nitrogens with zero attached hydrogens (tertiary/aromatic N) is 1. The van der Waals surface area contributed by atoms with Crippen LogP contribution in [0.25, 0.3) is 11.3 Å². The fraction of sp³-hybridized carbons (Fsp3) is 0.143. The van der Waals surface area contributed by atoms with Gasteiger partial charge >= 0.3 is 0 Å². The summed E-state index contributed by atoms with van der Waals surface area (Å²) < 4.78 is 0. The van der Waals surface area contributed by atoms with Crippen LogP contribution in [-0.4, -0.2) is 10.8 Å². The molecule has 0 bridgehead atoms. The van der Waals surface area contributed by atoms with Crippen molar-refractivity contribution in [1.82, 2.24) is 4.98 Å². The van der Waals surface area contributed by atoms with Crippen molar-refractivity contribution in [3.05, 3.63) is 90.1 Å². The highest BCUT2D eigenvalue weighted by molar-refractivity contribution is 5.78.